The van der Waals surface area contributed by atoms with Gasteiger partial charge in [-0.3, -0.25) is 5.10 Å². The predicted octanol–water partition coefficient (Wildman–Crippen LogP) is 1.85. The van der Waals surface area contributed by atoms with E-state index in [0.29, 0.717) is 0 Å². The summed E-state index contributed by atoms with van der Waals surface area (Å²) >= 11 is 1.56. The number of benzene rings is 1. The van der Waals surface area contributed by atoms with Crippen LogP contribution in [0.3, 0.4) is 0 Å². The van der Waals surface area contributed by atoms with Gasteiger partial charge in [0, 0.05) is 10.9 Å². The van der Waals surface area contributed by atoms with Crippen LogP contribution >= 0.6 is 11.8 Å². The van der Waals surface area contributed by atoms with E-state index in [2.05, 4.69) is 39.4 Å². The minimum atomic E-state index is 0.202. The van der Waals surface area contributed by atoms with Crippen LogP contribution in [0.2, 0.25) is 0 Å². The highest BCUT2D eigenvalue weighted by molar-refractivity contribution is 7.99. The third kappa shape index (κ3) is 3.08. The molecule has 0 radical (unpaired) electrons. The monoisotopic (exact) mass is 234 g/mol. The van der Waals surface area contributed by atoms with Gasteiger partial charge in [-0.25, -0.2) is 4.98 Å². The van der Waals surface area contributed by atoms with Crippen LogP contribution in [0.15, 0.2) is 40.6 Å². The molecule has 84 valence electrons. The maximum atomic E-state index is 5.74. The number of hydrogen-bond donors (Lipinski definition) is 2. The lowest BCUT2D eigenvalue weighted by molar-refractivity contribution is 0.737. The van der Waals surface area contributed by atoms with Crippen LogP contribution in [0.1, 0.15) is 12.5 Å². The highest BCUT2D eigenvalue weighted by Gasteiger charge is 2.01. The van der Waals surface area contributed by atoms with E-state index in [9.17, 15) is 0 Å². The fourth-order valence-corrected chi connectivity index (χ4v) is 2.11. The Morgan fingerprint density at radius 3 is 2.69 bits per heavy atom. The second kappa shape index (κ2) is 5.14. The number of nitrogens with one attached hydrogen (secondary N) is 1. The van der Waals surface area contributed by atoms with Gasteiger partial charge >= 0.3 is 0 Å². The Labute approximate surface area is 98.7 Å². The standard InChI is InChI=1S/C11H14N4S/c1-8(12)6-9-2-4-10(5-3-9)16-11-13-7-14-15-11/h2-5,7-8H,6,12H2,1H3,(H,13,14,15). The molecule has 16 heavy (non-hydrogen) atoms. The summed E-state index contributed by atoms with van der Waals surface area (Å²) in [4.78, 5) is 5.20. The van der Waals surface area contributed by atoms with E-state index in [0.717, 1.165) is 16.5 Å². The second-order valence-corrected chi connectivity index (χ2v) is 4.78. The van der Waals surface area contributed by atoms with Crippen LogP contribution in [-0.4, -0.2) is 21.2 Å². The third-order valence-corrected chi connectivity index (χ3v) is 2.99. The van der Waals surface area contributed by atoms with Gasteiger partial charge in [0.1, 0.15) is 6.33 Å². The van der Waals surface area contributed by atoms with Crippen molar-refractivity contribution in [2.24, 2.45) is 5.73 Å². The highest BCUT2D eigenvalue weighted by Crippen LogP contribution is 2.24. The minimum Gasteiger partial charge on any atom is -0.328 e. The van der Waals surface area contributed by atoms with Crippen molar-refractivity contribution in [1.29, 1.82) is 0 Å². The summed E-state index contributed by atoms with van der Waals surface area (Å²) in [5.41, 5.74) is 7.00. The number of H-pyrrole nitrogens is 1. The van der Waals surface area contributed by atoms with Crippen LogP contribution in [0, 0.1) is 0 Å². The van der Waals surface area contributed by atoms with Gasteiger partial charge in [0.05, 0.1) is 0 Å². The molecule has 4 nitrogen and oxygen atoms in total. The summed E-state index contributed by atoms with van der Waals surface area (Å²) in [6, 6.07) is 8.55. The molecule has 1 aromatic heterocycles. The number of hydrogen-bond acceptors (Lipinski definition) is 4. The number of nitrogens with two attached hydrogens (primary N) is 1. The van der Waals surface area contributed by atoms with Gasteiger partial charge in [-0.15, -0.1) is 0 Å². The Kier molecular flexibility index (Phi) is 3.58. The molecule has 1 heterocycles. The maximum absolute atomic E-state index is 5.74. The molecule has 5 heteroatoms. The second-order valence-electron chi connectivity index (χ2n) is 3.72. The third-order valence-electron chi connectivity index (χ3n) is 2.09. The van der Waals surface area contributed by atoms with Gasteiger partial charge < -0.3 is 5.73 Å². The smallest absolute Gasteiger partial charge is 0.188 e. The minimum absolute atomic E-state index is 0.202. The topological polar surface area (TPSA) is 67.6 Å². The molecule has 2 rings (SSSR count). The summed E-state index contributed by atoms with van der Waals surface area (Å²) in [5.74, 6) is 0. The van der Waals surface area contributed by atoms with E-state index in [1.165, 1.54) is 11.9 Å². The summed E-state index contributed by atoms with van der Waals surface area (Å²) in [6.45, 7) is 2.01. The fourth-order valence-electron chi connectivity index (χ4n) is 1.42. The average molecular weight is 234 g/mol. The Balaban J connectivity index is 2.02. The highest BCUT2D eigenvalue weighted by atomic mass is 32.2. The van der Waals surface area contributed by atoms with E-state index in [-0.39, 0.29) is 6.04 Å². The molecule has 1 atom stereocenters. The van der Waals surface area contributed by atoms with Gasteiger partial charge in [0.15, 0.2) is 5.16 Å². The molecule has 0 fully saturated rings. The molecule has 0 amide bonds. The van der Waals surface area contributed by atoms with E-state index in [1.54, 1.807) is 11.8 Å². The fraction of sp³-hybridized carbons (Fsp3) is 0.273. The van der Waals surface area contributed by atoms with Crippen LogP contribution in [0.5, 0.6) is 0 Å². The zero-order valence-electron chi connectivity index (χ0n) is 9.05. The molecule has 0 saturated carbocycles. The average Bonchev–Trinajstić information content (AvgIpc) is 2.73. The first-order chi connectivity index (χ1) is 7.74. The quantitative estimate of drug-likeness (QED) is 0.847. The Bertz CT molecular complexity index is 422. The van der Waals surface area contributed by atoms with E-state index in [4.69, 9.17) is 5.73 Å². The largest absolute Gasteiger partial charge is 0.328 e. The van der Waals surface area contributed by atoms with E-state index in [1.807, 2.05) is 6.92 Å². The lowest BCUT2D eigenvalue weighted by Gasteiger charge is -2.05. The van der Waals surface area contributed by atoms with Gasteiger partial charge in [-0.1, -0.05) is 23.9 Å². The first kappa shape index (κ1) is 11.2. The summed E-state index contributed by atoms with van der Waals surface area (Å²) in [6.07, 6.45) is 2.42. The molecule has 3 N–H and O–H groups in total. The zero-order chi connectivity index (χ0) is 11.4. The van der Waals surface area contributed by atoms with Gasteiger partial charge in [0.2, 0.25) is 0 Å². The van der Waals surface area contributed by atoms with Crippen molar-refractivity contribution in [2.75, 3.05) is 0 Å². The van der Waals surface area contributed by atoms with Crippen molar-refractivity contribution in [3.05, 3.63) is 36.2 Å². The van der Waals surface area contributed by atoms with Crippen LogP contribution < -0.4 is 5.73 Å². The molecule has 1 aromatic carbocycles. The summed E-state index contributed by atoms with van der Waals surface area (Å²) in [5, 5.41) is 7.42. The first-order valence-electron chi connectivity index (χ1n) is 5.12. The SMILES string of the molecule is CC(N)Cc1ccc(Sc2ncn[nH]2)cc1. The maximum Gasteiger partial charge on any atom is 0.188 e. The molecule has 1 unspecified atom stereocenters. The molecule has 0 saturated heterocycles. The lowest BCUT2D eigenvalue weighted by Crippen LogP contribution is -2.17. The van der Waals surface area contributed by atoms with Crippen molar-refractivity contribution in [1.82, 2.24) is 15.2 Å². The molecule has 0 aliphatic heterocycles. The number of aromatic amines is 1. The Morgan fingerprint density at radius 1 is 1.38 bits per heavy atom. The van der Waals surface area contributed by atoms with Gasteiger partial charge in [-0.05, 0) is 31.0 Å². The number of nitrogens with zero attached hydrogens (tertiary/aromatic N) is 2. The van der Waals surface area contributed by atoms with Crippen LogP contribution in [-0.2, 0) is 6.42 Å². The normalized spacial score (nSPS) is 12.6. The van der Waals surface area contributed by atoms with Crippen molar-refractivity contribution in [2.45, 2.75) is 29.4 Å². The van der Waals surface area contributed by atoms with Crippen molar-refractivity contribution >= 4 is 11.8 Å². The van der Waals surface area contributed by atoms with Gasteiger partial charge in [-0.2, -0.15) is 5.10 Å². The van der Waals surface area contributed by atoms with E-state index < -0.39 is 0 Å². The molecule has 0 aliphatic rings. The Hall–Kier alpha value is -1.33. The van der Waals surface area contributed by atoms with Crippen molar-refractivity contribution < 1.29 is 0 Å². The zero-order valence-corrected chi connectivity index (χ0v) is 9.87. The van der Waals surface area contributed by atoms with Gasteiger partial charge in [0.25, 0.3) is 0 Å². The van der Waals surface area contributed by atoms with Crippen molar-refractivity contribution in [3.8, 4) is 0 Å². The predicted molar refractivity (Wildman–Crippen MR) is 64.3 cm³/mol. The molecule has 0 aliphatic carbocycles. The molecule has 0 spiro atoms. The Morgan fingerprint density at radius 2 is 2.12 bits per heavy atom. The molecule has 2 aromatic rings. The number of aromatic nitrogens is 3. The van der Waals surface area contributed by atoms with E-state index >= 15 is 0 Å². The number of rotatable bonds is 4. The lowest BCUT2D eigenvalue weighted by atomic mass is 10.1. The van der Waals surface area contributed by atoms with Crippen LogP contribution in [0.4, 0.5) is 0 Å². The molecule has 0 bridgehead atoms. The molecular formula is C11H14N4S. The first-order valence-corrected chi connectivity index (χ1v) is 5.93. The summed E-state index contributed by atoms with van der Waals surface area (Å²) in [7, 11) is 0. The summed E-state index contributed by atoms with van der Waals surface area (Å²) < 4.78 is 0. The van der Waals surface area contributed by atoms with Crippen molar-refractivity contribution in [3.63, 3.8) is 0 Å². The van der Waals surface area contributed by atoms with Crippen LogP contribution in [0.25, 0.3) is 0 Å². The molecular weight excluding hydrogens is 220 g/mol.